The molecule has 94 valence electrons. The molecule has 0 aromatic heterocycles. The molecule has 15 heavy (non-hydrogen) atoms. The fourth-order valence-electron chi connectivity index (χ4n) is 1.34. The van der Waals surface area contributed by atoms with Crippen molar-refractivity contribution in [1.82, 2.24) is 5.32 Å². The number of nitrogens with zero attached hydrogens (tertiary/aromatic N) is 1. The number of hydrogen-bond donors (Lipinski definition) is 2. The Morgan fingerprint density at radius 3 is 2.13 bits per heavy atom. The molecule has 0 heterocycles. The molecule has 0 spiro atoms. The van der Waals surface area contributed by atoms with Gasteiger partial charge in [-0.2, -0.15) is 0 Å². The number of likely N-dealkylation sites (N-methyl/N-ethyl adjacent to an activating group) is 1. The second kappa shape index (κ2) is 8.34. The lowest BCUT2D eigenvalue weighted by molar-refractivity contribution is -0.873. The van der Waals surface area contributed by atoms with Crippen molar-refractivity contribution in [3.05, 3.63) is 0 Å². The molecule has 0 amide bonds. The van der Waals surface area contributed by atoms with E-state index in [0.29, 0.717) is 12.5 Å². The van der Waals surface area contributed by atoms with Crippen LogP contribution in [0.5, 0.6) is 0 Å². The quantitative estimate of drug-likeness (QED) is 0.489. The highest BCUT2D eigenvalue weighted by Crippen LogP contribution is 1.98. The van der Waals surface area contributed by atoms with Gasteiger partial charge in [-0.05, 0) is 12.5 Å². The molecule has 2 unspecified atom stereocenters. The zero-order valence-corrected chi connectivity index (χ0v) is 11.5. The van der Waals surface area contributed by atoms with E-state index >= 15 is 0 Å². The molecule has 3 nitrogen and oxygen atoms in total. The molecule has 0 saturated heterocycles. The Bertz CT molecular complexity index is 148. The van der Waals surface area contributed by atoms with E-state index in [1.54, 1.807) is 0 Å². The van der Waals surface area contributed by atoms with Gasteiger partial charge in [-0.1, -0.05) is 20.3 Å². The Morgan fingerprint density at radius 2 is 1.73 bits per heavy atom. The highest BCUT2D eigenvalue weighted by atomic mass is 35.5. The molecule has 2 N–H and O–H groups in total. The standard InChI is InChI=1S/C11H27N2O.ClH/c1-6-10(2)7-12-8-11(14)9-13(3,4)5;/h10-12,14H,6-9H2,1-5H3;1H/q+1;/p-1. The van der Waals surface area contributed by atoms with Gasteiger partial charge in [0.05, 0.1) is 21.1 Å². The van der Waals surface area contributed by atoms with Crippen LogP contribution < -0.4 is 17.7 Å². The fourth-order valence-corrected chi connectivity index (χ4v) is 1.34. The van der Waals surface area contributed by atoms with Gasteiger partial charge in [0.2, 0.25) is 0 Å². The number of hydrogen-bond acceptors (Lipinski definition) is 2. The zero-order chi connectivity index (χ0) is 11.2. The number of aliphatic hydroxyl groups is 1. The number of aliphatic hydroxyl groups excluding tert-OH is 1. The molecule has 4 heteroatoms. The van der Waals surface area contributed by atoms with E-state index < -0.39 is 0 Å². The van der Waals surface area contributed by atoms with Gasteiger partial charge in [-0.3, -0.25) is 0 Å². The van der Waals surface area contributed by atoms with Crippen molar-refractivity contribution < 1.29 is 22.0 Å². The van der Waals surface area contributed by atoms with Crippen LogP contribution >= 0.6 is 0 Å². The summed E-state index contributed by atoms with van der Waals surface area (Å²) in [7, 11) is 6.29. The average Bonchev–Trinajstić information content (AvgIpc) is 2.00. The van der Waals surface area contributed by atoms with Gasteiger partial charge in [0.15, 0.2) is 0 Å². The minimum absolute atomic E-state index is 0. The molecular formula is C11H27ClN2O. The van der Waals surface area contributed by atoms with Crippen LogP contribution in [0.3, 0.4) is 0 Å². The summed E-state index contributed by atoms with van der Waals surface area (Å²) in [6, 6.07) is 0. The third kappa shape index (κ3) is 12.1. The van der Waals surface area contributed by atoms with Crippen molar-refractivity contribution in [3.8, 4) is 0 Å². The van der Waals surface area contributed by atoms with Crippen molar-refractivity contribution >= 4 is 0 Å². The van der Waals surface area contributed by atoms with Crippen molar-refractivity contribution in [3.63, 3.8) is 0 Å². The SMILES string of the molecule is CCC(C)CNCC(O)C[N+](C)(C)C.[Cl-]. The molecule has 0 aromatic carbocycles. The molecule has 0 fully saturated rings. The molecular weight excluding hydrogens is 212 g/mol. The van der Waals surface area contributed by atoms with E-state index in [1.807, 2.05) is 0 Å². The first kappa shape index (κ1) is 17.6. The first-order valence-electron chi connectivity index (χ1n) is 5.54. The molecule has 0 aliphatic heterocycles. The Kier molecular flexibility index (Phi) is 9.76. The van der Waals surface area contributed by atoms with E-state index in [-0.39, 0.29) is 18.5 Å². The summed E-state index contributed by atoms with van der Waals surface area (Å²) in [6.07, 6.45) is 0.956. The molecule has 0 bridgehead atoms. The molecule has 0 radical (unpaired) electrons. The Morgan fingerprint density at radius 1 is 1.20 bits per heavy atom. The maximum absolute atomic E-state index is 9.69. The maximum atomic E-state index is 9.69. The van der Waals surface area contributed by atoms with Crippen molar-refractivity contribution in [2.45, 2.75) is 26.4 Å². The van der Waals surface area contributed by atoms with Gasteiger partial charge in [0, 0.05) is 6.54 Å². The summed E-state index contributed by atoms with van der Waals surface area (Å²) < 4.78 is 0.812. The van der Waals surface area contributed by atoms with Crippen LogP contribution in [0, 0.1) is 5.92 Å². The molecule has 0 aromatic rings. The third-order valence-electron chi connectivity index (χ3n) is 2.33. The van der Waals surface area contributed by atoms with Gasteiger partial charge in [-0.25, -0.2) is 0 Å². The summed E-state index contributed by atoms with van der Waals surface area (Å²) in [6.45, 7) is 6.92. The highest BCUT2D eigenvalue weighted by Gasteiger charge is 2.14. The van der Waals surface area contributed by atoms with E-state index in [2.05, 4.69) is 40.3 Å². The first-order chi connectivity index (χ1) is 6.35. The monoisotopic (exact) mass is 238 g/mol. The summed E-state index contributed by atoms with van der Waals surface area (Å²) in [5.41, 5.74) is 0. The summed E-state index contributed by atoms with van der Waals surface area (Å²) in [4.78, 5) is 0. The highest BCUT2D eigenvalue weighted by molar-refractivity contribution is 4.60. The Labute approximate surface area is 101 Å². The topological polar surface area (TPSA) is 32.3 Å². The average molecular weight is 239 g/mol. The lowest BCUT2D eigenvalue weighted by atomic mass is 10.1. The van der Waals surface area contributed by atoms with Crippen molar-refractivity contribution in [2.75, 3.05) is 40.8 Å². The van der Waals surface area contributed by atoms with Gasteiger partial charge in [-0.15, -0.1) is 0 Å². The first-order valence-corrected chi connectivity index (χ1v) is 5.54. The predicted octanol–water partition coefficient (Wildman–Crippen LogP) is -2.31. The molecule has 0 aliphatic rings. The smallest absolute Gasteiger partial charge is 0.115 e. The number of halogens is 1. The van der Waals surface area contributed by atoms with Crippen LogP contribution in [-0.2, 0) is 0 Å². The van der Waals surface area contributed by atoms with Crippen LogP contribution in [0.25, 0.3) is 0 Å². The van der Waals surface area contributed by atoms with Gasteiger partial charge in [0.25, 0.3) is 0 Å². The van der Waals surface area contributed by atoms with E-state index in [4.69, 9.17) is 0 Å². The molecule has 0 saturated carbocycles. The minimum atomic E-state index is -0.237. The molecule has 0 rings (SSSR count). The number of rotatable bonds is 7. The van der Waals surface area contributed by atoms with E-state index in [1.165, 1.54) is 6.42 Å². The second-order valence-electron chi connectivity index (χ2n) is 5.30. The van der Waals surface area contributed by atoms with Crippen LogP contribution in [0.2, 0.25) is 0 Å². The van der Waals surface area contributed by atoms with Crippen LogP contribution in [0.1, 0.15) is 20.3 Å². The molecule has 0 aliphatic carbocycles. The second-order valence-corrected chi connectivity index (χ2v) is 5.30. The lowest BCUT2D eigenvalue weighted by Gasteiger charge is -2.27. The largest absolute Gasteiger partial charge is 1.00 e. The maximum Gasteiger partial charge on any atom is 0.115 e. The van der Waals surface area contributed by atoms with Crippen LogP contribution in [0.4, 0.5) is 0 Å². The third-order valence-corrected chi connectivity index (χ3v) is 2.33. The van der Waals surface area contributed by atoms with Gasteiger partial charge < -0.3 is 27.3 Å². The predicted molar refractivity (Wildman–Crippen MR) is 61.2 cm³/mol. The summed E-state index contributed by atoms with van der Waals surface area (Å²) in [5.74, 6) is 0.700. The normalized spacial score (nSPS) is 15.6. The molecule has 2 atom stereocenters. The van der Waals surface area contributed by atoms with Gasteiger partial charge >= 0.3 is 0 Å². The van der Waals surface area contributed by atoms with Crippen molar-refractivity contribution in [1.29, 1.82) is 0 Å². The van der Waals surface area contributed by atoms with Gasteiger partial charge in [0.1, 0.15) is 12.6 Å². The van der Waals surface area contributed by atoms with Crippen LogP contribution in [-0.4, -0.2) is 56.5 Å². The lowest BCUT2D eigenvalue weighted by Crippen LogP contribution is -3.00. The van der Waals surface area contributed by atoms with Crippen molar-refractivity contribution in [2.24, 2.45) is 5.92 Å². The Balaban J connectivity index is 0. The summed E-state index contributed by atoms with van der Waals surface area (Å²) in [5, 5.41) is 13.0. The minimum Gasteiger partial charge on any atom is -1.00 e. The van der Waals surface area contributed by atoms with E-state index in [0.717, 1.165) is 17.6 Å². The van der Waals surface area contributed by atoms with E-state index in [9.17, 15) is 5.11 Å². The number of quaternary nitrogens is 1. The van der Waals surface area contributed by atoms with Crippen LogP contribution in [0.15, 0.2) is 0 Å². The zero-order valence-electron chi connectivity index (χ0n) is 10.8. The number of nitrogens with one attached hydrogen (secondary N) is 1. The Hall–Kier alpha value is 0.170. The fraction of sp³-hybridized carbons (Fsp3) is 1.00. The summed E-state index contributed by atoms with van der Waals surface area (Å²) >= 11 is 0.